The van der Waals surface area contributed by atoms with Crippen LogP contribution in [0.25, 0.3) is 0 Å². The van der Waals surface area contributed by atoms with Crippen molar-refractivity contribution < 1.29 is 8.97 Å². The lowest BCUT2D eigenvalue weighted by Gasteiger charge is -2.26. The second-order valence-corrected chi connectivity index (χ2v) is 6.18. The Kier molecular flexibility index (Phi) is 5.26. The van der Waals surface area contributed by atoms with Crippen LogP contribution < -0.4 is 0 Å². The number of hydrogen-bond donors (Lipinski definition) is 0. The van der Waals surface area contributed by atoms with Gasteiger partial charge < -0.3 is 8.97 Å². The SMILES string of the molecule is CC[N+]1(C)CCCC1.CC[N+]1(C)CCCC1. The van der Waals surface area contributed by atoms with E-state index in [-0.39, 0.29) is 0 Å². The standard InChI is InChI=1S/2C7H16N/c2*1-3-8(2)6-4-5-7-8/h2*3-7H2,1-2H3/q2*+1. The average molecular weight is 228 g/mol. The molecule has 0 unspecified atom stereocenters. The van der Waals surface area contributed by atoms with Gasteiger partial charge in [-0.25, -0.2) is 0 Å². The van der Waals surface area contributed by atoms with Crippen LogP contribution in [0, 0.1) is 0 Å². The zero-order chi connectivity index (χ0) is 12.1. The summed E-state index contributed by atoms with van der Waals surface area (Å²) < 4.78 is 2.64. The second kappa shape index (κ2) is 6.02. The van der Waals surface area contributed by atoms with Crippen LogP contribution in [0.2, 0.25) is 0 Å². The van der Waals surface area contributed by atoms with Crippen molar-refractivity contribution in [2.45, 2.75) is 39.5 Å². The monoisotopic (exact) mass is 228 g/mol. The molecule has 2 aliphatic rings. The van der Waals surface area contributed by atoms with Crippen molar-refractivity contribution in [3.8, 4) is 0 Å². The number of likely N-dealkylation sites (tertiary alicyclic amines) is 2. The molecule has 96 valence electrons. The first-order valence-corrected chi connectivity index (χ1v) is 7.21. The van der Waals surface area contributed by atoms with E-state index in [4.69, 9.17) is 0 Å². The first-order valence-electron chi connectivity index (χ1n) is 7.21. The van der Waals surface area contributed by atoms with Crippen molar-refractivity contribution in [3.05, 3.63) is 0 Å². The van der Waals surface area contributed by atoms with E-state index in [9.17, 15) is 0 Å². The maximum Gasteiger partial charge on any atom is 0.0786 e. The van der Waals surface area contributed by atoms with Crippen LogP contribution >= 0.6 is 0 Å². The normalized spacial score (nSPS) is 26.2. The smallest absolute Gasteiger partial charge is 0.0786 e. The van der Waals surface area contributed by atoms with Gasteiger partial charge in [0.2, 0.25) is 0 Å². The Morgan fingerprint density at radius 1 is 0.625 bits per heavy atom. The molecular weight excluding hydrogens is 196 g/mol. The molecule has 0 saturated carbocycles. The molecule has 0 aromatic carbocycles. The zero-order valence-corrected chi connectivity index (χ0v) is 12.0. The molecule has 0 N–H and O–H groups in total. The molecule has 0 aliphatic carbocycles. The van der Waals surface area contributed by atoms with Gasteiger partial charge in [0.25, 0.3) is 0 Å². The fourth-order valence-electron chi connectivity index (χ4n) is 2.83. The van der Waals surface area contributed by atoms with Crippen molar-refractivity contribution in [2.75, 3.05) is 53.4 Å². The van der Waals surface area contributed by atoms with Crippen LogP contribution in [0.3, 0.4) is 0 Å². The molecule has 2 fully saturated rings. The third-order valence-electron chi connectivity index (χ3n) is 4.82. The first-order chi connectivity index (χ1) is 7.54. The lowest BCUT2D eigenvalue weighted by Crippen LogP contribution is -2.40. The van der Waals surface area contributed by atoms with Crippen molar-refractivity contribution in [1.82, 2.24) is 0 Å². The first kappa shape index (κ1) is 14.0. The maximum absolute atomic E-state index is 2.35. The summed E-state index contributed by atoms with van der Waals surface area (Å²) in [6.45, 7) is 12.9. The molecular formula is C14H32N2+2. The summed E-state index contributed by atoms with van der Waals surface area (Å²) in [5.74, 6) is 0. The third-order valence-corrected chi connectivity index (χ3v) is 4.82. The second-order valence-electron chi connectivity index (χ2n) is 6.18. The van der Waals surface area contributed by atoms with Gasteiger partial charge in [0, 0.05) is 25.7 Å². The van der Waals surface area contributed by atoms with Crippen LogP contribution in [-0.2, 0) is 0 Å². The van der Waals surface area contributed by atoms with E-state index in [0.29, 0.717) is 0 Å². The van der Waals surface area contributed by atoms with Crippen LogP contribution in [0.4, 0.5) is 0 Å². The number of quaternary nitrogens is 2. The predicted octanol–water partition coefficient (Wildman–Crippen LogP) is 2.49. The molecule has 2 aliphatic heterocycles. The summed E-state index contributed by atoms with van der Waals surface area (Å²) in [5, 5.41) is 0. The van der Waals surface area contributed by atoms with Gasteiger partial charge in [-0.05, 0) is 13.8 Å². The molecule has 0 bridgehead atoms. The summed E-state index contributed by atoms with van der Waals surface area (Å²) in [6, 6.07) is 0. The minimum Gasteiger partial charge on any atom is -0.326 e. The summed E-state index contributed by atoms with van der Waals surface area (Å²) in [4.78, 5) is 0. The minimum absolute atomic E-state index is 1.32. The summed E-state index contributed by atoms with van der Waals surface area (Å²) >= 11 is 0. The van der Waals surface area contributed by atoms with Crippen LogP contribution in [0.5, 0.6) is 0 Å². The Balaban J connectivity index is 0.000000160. The Bertz CT molecular complexity index is 167. The molecule has 2 nitrogen and oxygen atoms in total. The van der Waals surface area contributed by atoms with Gasteiger partial charge in [-0.15, -0.1) is 0 Å². The van der Waals surface area contributed by atoms with Gasteiger partial charge in [-0.1, -0.05) is 0 Å². The highest BCUT2D eigenvalue weighted by Gasteiger charge is 2.24. The zero-order valence-electron chi connectivity index (χ0n) is 12.0. The molecule has 16 heavy (non-hydrogen) atoms. The third kappa shape index (κ3) is 4.06. The molecule has 2 heterocycles. The number of rotatable bonds is 2. The van der Waals surface area contributed by atoms with Crippen molar-refractivity contribution in [1.29, 1.82) is 0 Å². The van der Waals surface area contributed by atoms with Crippen molar-refractivity contribution in [3.63, 3.8) is 0 Å². The average Bonchev–Trinajstić information content (AvgIpc) is 2.90. The van der Waals surface area contributed by atoms with E-state index in [0.717, 1.165) is 0 Å². The molecule has 0 aromatic heterocycles. The molecule has 0 radical (unpaired) electrons. The molecule has 0 spiro atoms. The van der Waals surface area contributed by atoms with E-state index in [2.05, 4.69) is 27.9 Å². The number of nitrogens with zero attached hydrogens (tertiary/aromatic N) is 2. The highest BCUT2D eigenvalue weighted by molar-refractivity contribution is 4.49. The molecule has 2 rings (SSSR count). The van der Waals surface area contributed by atoms with Gasteiger partial charge in [0.05, 0.1) is 53.4 Å². The van der Waals surface area contributed by atoms with Crippen LogP contribution in [0.1, 0.15) is 39.5 Å². The topological polar surface area (TPSA) is 0 Å². The fourth-order valence-corrected chi connectivity index (χ4v) is 2.83. The van der Waals surface area contributed by atoms with Crippen LogP contribution in [0.15, 0.2) is 0 Å². The lowest BCUT2D eigenvalue weighted by atomic mass is 10.4. The van der Waals surface area contributed by atoms with Crippen molar-refractivity contribution >= 4 is 0 Å². The quantitative estimate of drug-likeness (QED) is 0.637. The minimum atomic E-state index is 1.32. The van der Waals surface area contributed by atoms with E-state index >= 15 is 0 Å². The van der Waals surface area contributed by atoms with Crippen LogP contribution in [-0.4, -0.2) is 62.3 Å². The molecule has 0 atom stereocenters. The summed E-state index contributed by atoms with van der Waals surface area (Å²) in [5.41, 5.74) is 0. The summed E-state index contributed by atoms with van der Waals surface area (Å²) in [6.07, 6.45) is 5.80. The van der Waals surface area contributed by atoms with E-state index in [1.807, 2.05) is 0 Å². The molecule has 2 heteroatoms. The fraction of sp³-hybridized carbons (Fsp3) is 1.00. The summed E-state index contributed by atoms with van der Waals surface area (Å²) in [7, 11) is 4.71. The Labute approximate surface area is 102 Å². The number of hydrogen-bond acceptors (Lipinski definition) is 0. The van der Waals surface area contributed by atoms with E-state index in [1.165, 1.54) is 73.9 Å². The maximum atomic E-state index is 2.35. The van der Waals surface area contributed by atoms with E-state index < -0.39 is 0 Å². The molecule has 0 aromatic rings. The van der Waals surface area contributed by atoms with Gasteiger partial charge in [-0.3, -0.25) is 0 Å². The highest BCUT2D eigenvalue weighted by Crippen LogP contribution is 2.15. The molecule has 2 saturated heterocycles. The highest BCUT2D eigenvalue weighted by atomic mass is 15.3. The predicted molar refractivity (Wildman–Crippen MR) is 71.4 cm³/mol. The Morgan fingerprint density at radius 3 is 1.00 bits per heavy atom. The Hall–Kier alpha value is -0.0800. The van der Waals surface area contributed by atoms with Gasteiger partial charge >= 0.3 is 0 Å². The van der Waals surface area contributed by atoms with Gasteiger partial charge in [-0.2, -0.15) is 0 Å². The van der Waals surface area contributed by atoms with Crippen molar-refractivity contribution in [2.24, 2.45) is 0 Å². The molecule has 0 amide bonds. The van der Waals surface area contributed by atoms with Gasteiger partial charge in [0.15, 0.2) is 0 Å². The largest absolute Gasteiger partial charge is 0.326 e. The Morgan fingerprint density at radius 2 is 0.875 bits per heavy atom. The van der Waals surface area contributed by atoms with E-state index in [1.54, 1.807) is 0 Å². The van der Waals surface area contributed by atoms with Gasteiger partial charge in [0.1, 0.15) is 0 Å². The lowest BCUT2D eigenvalue weighted by molar-refractivity contribution is -0.895.